The second kappa shape index (κ2) is 7.57. The van der Waals surface area contributed by atoms with E-state index in [9.17, 15) is 4.79 Å². The molecule has 4 N–H and O–H groups in total. The third kappa shape index (κ3) is 4.41. The van der Waals surface area contributed by atoms with Gasteiger partial charge in [-0.1, -0.05) is 12.2 Å². The summed E-state index contributed by atoms with van der Waals surface area (Å²) in [6.45, 7) is 5.87. The second-order valence-electron chi connectivity index (χ2n) is 5.23. The number of nitrogens with zero attached hydrogens (tertiary/aromatic N) is 1. The monoisotopic (exact) mass is 290 g/mol. The van der Waals surface area contributed by atoms with Crippen molar-refractivity contribution in [1.82, 2.24) is 15.5 Å². The van der Waals surface area contributed by atoms with Gasteiger partial charge in [0.1, 0.15) is 5.82 Å². The fourth-order valence-corrected chi connectivity index (χ4v) is 2.10. The van der Waals surface area contributed by atoms with Crippen LogP contribution in [-0.4, -0.2) is 37.0 Å². The Morgan fingerprint density at radius 3 is 2.76 bits per heavy atom. The molecular weight excluding hydrogens is 264 g/mol. The minimum Gasteiger partial charge on any atom is -0.405 e. The van der Waals surface area contributed by atoms with Gasteiger partial charge in [-0.15, -0.1) is 0 Å². The van der Waals surface area contributed by atoms with Crippen LogP contribution in [0.5, 0.6) is 0 Å². The standard InChI is InChI=1S/C16H26N4O/c1-11(7-6-8-17)16(21)19-13(3)14-9-12(2)20(5)15(10-14)18-4/h6-10,12-13,18H,17H2,1-5H3,(H,19,21)/b8-6-,11-7+. The van der Waals surface area contributed by atoms with Crippen LogP contribution < -0.4 is 16.4 Å². The largest absolute Gasteiger partial charge is 0.405 e. The molecule has 0 saturated heterocycles. The fraction of sp³-hybridized carbons (Fsp3) is 0.438. The lowest BCUT2D eigenvalue weighted by atomic mass is 10.0. The van der Waals surface area contributed by atoms with Crippen molar-refractivity contribution in [2.24, 2.45) is 5.73 Å². The molecule has 2 unspecified atom stereocenters. The van der Waals surface area contributed by atoms with E-state index in [4.69, 9.17) is 5.73 Å². The van der Waals surface area contributed by atoms with Gasteiger partial charge in [0.05, 0.1) is 6.04 Å². The first kappa shape index (κ1) is 16.9. The molecular formula is C16H26N4O. The van der Waals surface area contributed by atoms with E-state index in [0.717, 1.165) is 11.4 Å². The van der Waals surface area contributed by atoms with Gasteiger partial charge in [-0.25, -0.2) is 0 Å². The molecule has 0 saturated carbocycles. The molecule has 0 aliphatic carbocycles. The normalized spacial score (nSPS) is 20.9. The minimum absolute atomic E-state index is 0.0535. The predicted octanol–water partition coefficient (Wildman–Crippen LogP) is 1.23. The predicted molar refractivity (Wildman–Crippen MR) is 87.1 cm³/mol. The molecule has 116 valence electrons. The van der Waals surface area contributed by atoms with Crippen LogP contribution in [0.25, 0.3) is 0 Å². The molecule has 0 fully saturated rings. The molecule has 5 nitrogen and oxygen atoms in total. The first-order chi connectivity index (χ1) is 9.90. The van der Waals surface area contributed by atoms with Crippen LogP contribution in [0, 0.1) is 0 Å². The molecule has 0 aromatic carbocycles. The number of rotatable bonds is 5. The topological polar surface area (TPSA) is 70.4 Å². The summed E-state index contributed by atoms with van der Waals surface area (Å²) < 4.78 is 0. The quantitative estimate of drug-likeness (QED) is 0.526. The fourth-order valence-electron chi connectivity index (χ4n) is 2.10. The van der Waals surface area contributed by atoms with E-state index < -0.39 is 0 Å². The summed E-state index contributed by atoms with van der Waals surface area (Å²) in [5.41, 5.74) is 6.99. The van der Waals surface area contributed by atoms with Gasteiger partial charge in [0.25, 0.3) is 0 Å². The first-order valence-electron chi connectivity index (χ1n) is 7.10. The Morgan fingerprint density at radius 2 is 2.19 bits per heavy atom. The van der Waals surface area contributed by atoms with Gasteiger partial charge in [-0.3, -0.25) is 4.79 Å². The minimum atomic E-state index is -0.0903. The molecule has 2 atom stereocenters. The number of nitrogens with two attached hydrogens (primary N) is 1. The zero-order chi connectivity index (χ0) is 16.0. The first-order valence-corrected chi connectivity index (χ1v) is 7.10. The van der Waals surface area contributed by atoms with Crippen molar-refractivity contribution < 1.29 is 4.79 Å². The van der Waals surface area contributed by atoms with Crippen LogP contribution in [0.1, 0.15) is 20.8 Å². The van der Waals surface area contributed by atoms with Crippen LogP contribution in [0.3, 0.4) is 0 Å². The Hall–Kier alpha value is -2.17. The third-order valence-electron chi connectivity index (χ3n) is 3.65. The zero-order valence-electron chi connectivity index (χ0n) is 13.5. The molecule has 1 aliphatic rings. The van der Waals surface area contributed by atoms with Crippen molar-refractivity contribution in [3.05, 3.63) is 47.5 Å². The highest BCUT2D eigenvalue weighted by molar-refractivity contribution is 5.93. The van der Waals surface area contributed by atoms with Gasteiger partial charge < -0.3 is 21.3 Å². The highest BCUT2D eigenvalue weighted by Gasteiger charge is 2.20. The van der Waals surface area contributed by atoms with Crippen LogP contribution >= 0.6 is 0 Å². The molecule has 5 heteroatoms. The van der Waals surface area contributed by atoms with E-state index in [2.05, 4.69) is 34.6 Å². The summed E-state index contributed by atoms with van der Waals surface area (Å²) in [5.74, 6) is 0.951. The highest BCUT2D eigenvalue weighted by Crippen LogP contribution is 2.19. The SMILES string of the molecule is CNC1=CC(C(C)NC(=O)/C(C)=C/C=C\N)=CC(C)N1C. The molecule has 21 heavy (non-hydrogen) atoms. The van der Waals surface area contributed by atoms with E-state index in [1.54, 1.807) is 19.1 Å². The number of carbonyl (C=O) groups is 1. The molecule has 0 bridgehead atoms. The molecule has 1 heterocycles. The summed E-state index contributed by atoms with van der Waals surface area (Å²) in [7, 11) is 3.93. The maximum absolute atomic E-state index is 12.1. The molecule has 0 aromatic rings. The smallest absolute Gasteiger partial charge is 0.247 e. The Kier molecular flexibility index (Phi) is 6.09. The molecule has 1 amide bonds. The lowest BCUT2D eigenvalue weighted by molar-refractivity contribution is -0.117. The van der Waals surface area contributed by atoms with E-state index in [1.165, 1.54) is 6.20 Å². The average molecular weight is 290 g/mol. The van der Waals surface area contributed by atoms with Crippen LogP contribution in [-0.2, 0) is 4.79 Å². The molecule has 0 radical (unpaired) electrons. The van der Waals surface area contributed by atoms with Crippen molar-refractivity contribution in [1.29, 1.82) is 0 Å². The van der Waals surface area contributed by atoms with Crippen LogP contribution in [0.4, 0.5) is 0 Å². The summed E-state index contributed by atoms with van der Waals surface area (Å²) >= 11 is 0. The molecule has 1 rings (SSSR count). The van der Waals surface area contributed by atoms with Crippen LogP contribution in [0.15, 0.2) is 47.5 Å². The summed E-state index contributed by atoms with van der Waals surface area (Å²) in [4.78, 5) is 14.2. The number of carbonyl (C=O) groups excluding carboxylic acids is 1. The van der Waals surface area contributed by atoms with Crippen molar-refractivity contribution in [3.63, 3.8) is 0 Å². The number of likely N-dealkylation sites (N-methyl/N-ethyl adjacent to an activating group) is 1. The highest BCUT2D eigenvalue weighted by atomic mass is 16.1. The Balaban J connectivity index is 2.80. The third-order valence-corrected chi connectivity index (χ3v) is 3.65. The van der Waals surface area contributed by atoms with Crippen molar-refractivity contribution in [2.45, 2.75) is 32.9 Å². The van der Waals surface area contributed by atoms with Crippen molar-refractivity contribution >= 4 is 5.91 Å². The van der Waals surface area contributed by atoms with Gasteiger partial charge >= 0.3 is 0 Å². The van der Waals surface area contributed by atoms with Crippen molar-refractivity contribution in [2.75, 3.05) is 14.1 Å². The number of hydrogen-bond acceptors (Lipinski definition) is 4. The van der Waals surface area contributed by atoms with Gasteiger partial charge in [0.15, 0.2) is 0 Å². The molecule has 1 aliphatic heterocycles. The average Bonchev–Trinajstić information content (AvgIpc) is 2.46. The maximum Gasteiger partial charge on any atom is 0.247 e. The van der Waals surface area contributed by atoms with E-state index in [1.807, 2.05) is 21.0 Å². The number of hydrogen-bond donors (Lipinski definition) is 3. The Bertz CT molecular complexity index is 502. The zero-order valence-corrected chi connectivity index (χ0v) is 13.5. The van der Waals surface area contributed by atoms with Crippen molar-refractivity contribution in [3.8, 4) is 0 Å². The van der Waals surface area contributed by atoms with E-state index in [0.29, 0.717) is 5.57 Å². The molecule has 0 spiro atoms. The summed E-state index contributed by atoms with van der Waals surface area (Å²) in [6.07, 6.45) is 8.97. The maximum atomic E-state index is 12.1. The van der Waals surface area contributed by atoms with E-state index >= 15 is 0 Å². The number of allylic oxidation sites excluding steroid dienone is 2. The number of amides is 1. The lowest BCUT2D eigenvalue weighted by Crippen LogP contribution is -2.40. The van der Waals surface area contributed by atoms with Crippen LogP contribution in [0.2, 0.25) is 0 Å². The molecule has 0 aromatic heterocycles. The summed E-state index contributed by atoms with van der Waals surface area (Å²) in [6, 6.07) is 0.228. The lowest BCUT2D eigenvalue weighted by Gasteiger charge is -2.33. The van der Waals surface area contributed by atoms with Gasteiger partial charge in [0.2, 0.25) is 5.91 Å². The Labute approximate surface area is 127 Å². The second-order valence-corrected chi connectivity index (χ2v) is 5.23. The van der Waals surface area contributed by atoms with Gasteiger partial charge in [0, 0.05) is 25.7 Å². The summed E-state index contributed by atoms with van der Waals surface area (Å²) in [5, 5.41) is 6.17. The van der Waals surface area contributed by atoms with Gasteiger partial charge in [-0.05, 0) is 44.7 Å². The van der Waals surface area contributed by atoms with E-state index in [-0.39, 0.29) is 18.0 Å². The Morgan fingerprint density at radius 1 is 1.52 bits per heavy atom. The van der Waals surface area contributed by atoms with Gasteiger partial charge in [-0.2, -0.15) is 0 Å². The number of nitrogens with one attached hydrogen (secondary N) is 2.